The lowest BCUT2D eigenvalue weighted by atomic mass is 10.0. The molecule has 4 rings (SSSR count). The van der Waals surface area contributed by atoms with Gasteiger partial charge in [-0.1, -0.05) is 29.8 Å². The van der Waals surface area contributed by atoms with Gasteiger partial charge in [0.2, 0.25) is 5.43 Å². The van der Waals surface area contributed by atoms with Gasteiger partial charge in [0.25, 0.3) is 0 Å². The van der Waals surface area contributed by atoms with Gasteiger partial charge in [0, 0.05) is 0 Å². The molecule has 0 N–H and O–H groups in total. The summed E-state index contributed by atoms with van der Waals surface area (Å²) in [6.45, 7) is 2.00. The molecule has 102 valence electrons. The zero-order chi connectivity index (χ0) is 14.6. The van der Waals surface area contributed by atoms with Gasteiger partial charge >= 0.3 is 0 Å². The summed E-state index contributed by atoms with van der Waals surface area (Å²) in [4.78, 5) is 12.5. The van der Waals surface area contributed by atoms with Crippen LogP contribution in [-0.2, 0) is 0 Å². The van der Waals surface area contributed by atoms with E-state index in [0.29, 0.717) is 11.0 Å². The molecule has 4 aromatic rings. The van der Waals surface area contributed by atoms with Crippen LogP contribution in [-0.4, -0.2) is 0 Å². The summed E-state index contributed by atoms with van der Waals surface area (Å²) in [6.07, 6.45) is 0. The first-order valence-electron chi connectivity index (χ1n) is 6.69. The van der Waals surface area contributed by atoms with Gasteiger partial charge in [-0.2, -0.15) is 0 Å². The van der Waals surface area contributed by atoms with Gasteiger partial charge in [0.1, 0.15) is 5.58 Å². The molecule has 0 aliphatic rings. The third kappa shape index (κ3) is 1.74. The van der Waals surface area contributed by atoms with E-state index < -0.39 is 5.82 Å². The van der Waals surface area contributed by atoms with Crippen molar-refractivity contribution in [1.29, 1.82) is 0 Å². The van der Waals surface area contributed by atoms with E-state index in [1.54, 1.807) is 12.1 Å². The molecule has 0 atom stereocenters. The average molecular weight is 278 g/mol. The summed E-state index contributed by atoms with van der Waals surface area (Å²) in [5.41, 5.74) is 1.35. The van der Waals surface area contributed by atoms with Crippen LogP contribution in [0.5, 0.6) is 0 Å². The lowest BCUT2D eigenvalue weighted by Gasteiger charge is -2.05. The fraction of sp³-hybridized carbons (Fsp3) is 0.0556. The average Bonchev–Trinajstić information content (AvgIpc) is 2.47. The van der Waals surface area contributed by atoms with Crippen molar-refractivity contribution in [1.82, 2.24) is 0 Å². The first-order chi connectivity index (χ1) is 10.1. The van der Waals surface area contributed by atoms with Crippen LogP contribution in [0.25, 0.3) is 32.7 Å². The fourth-order valence-electron chi connectivity index (χ4n) is 2.70. The number of aryl methyl sites for hydroxylation is 1. The molecule has 3 heteroatoms. The maximum atomic E-state index is 13.8. The van der Waals surface area contributed by atoms with Crippen molar-refractivity contribution in [3.8, 4) is 0 Å². The van der Waals surface area contributed by atoms with E-state index >= 15 is 0 Å². The number of rotatable bonds is 0. The molecule has 0 aliphatic carbocycles. The third-order valence-electron chi connectivity index (χ3n) is 3.76. The second kappa shape index (κ2) is 4.16. The Hall–Kier alpha value is -2.68. The van der Waals surface area contributed by atoms with E-state index in [2.05, 4.69) is 0 Å². The largest absolute Gasteiger partial charge is 0.453 e. The number of halogens is 1. The molecule has 0 unspecified atom stereocenters. The van der Waals surface area contributed by atoms with E-state index in [9.17, 15) is 9.18 Å². The van der Waals surface area contributed by atoms with Gasteiger partial charge in [0.05, 0.1) is 10.8 Å². The van der Waals surface area contributed by atoms with Crippen molar-refractivity contribution in [3.05, 3.63) is 70.1 Å². The van der Waals surface area contributed by atoms with Gasteiger partial charge < -0.3 is 4.42 Å². The quantitative estimate of drug-likeness (QED) is 0.442. The molecular weight excluding hydrogens is 267 g/mol. The molecule has 0 saturated heterocycles. The minimum absolute atomic E-state index is 0.0152. The Morgan fingerprint density at radius 2 is 1.81 bits per heavy atom. The fourth-order valence-corrected chi connectivity index (χ4v) is 2.70. The van der Waals surface area contributed by atoms with Gasteiger partial charge in [-0.15, -0.1) is 0 Å². The molecular formula is C18H11FO2. The van der Waals surface area contributed by atoms with Crippen molar-refractivity contribution >= 4 is 32.7 Å². The highest BCUT2D eigenvalue weighted by Gasteiger charge is 2.11. The van der Waals surface area contributed by atoms with Crippen LogP contribution in [0.1, 0.15) is 5.56 Å². The van der Waals surface area contributed by atoms with Gasteiger partial charge in [0.15, 0.2) is 11.4 Å². The Morgan fingerprint density at radius 1 is 0.952 bits per heavy atom. The van der Waals surface area contributed by atoms with Crippen LogP contribution < -0.4 is 5.43 Å². The van der Waals surface area contributed by atoms with E-state index in [1.807, 2.05) is 31.2 Å². The standard InChI is InChI=1S/C18H11FO2/c1-10-5-6-11-9-16-14(8-12(11)7-10)17(20)13-3-2-4-15(19)18(13)21-16/h2-9H,1H3. The molecule has 0 aliphatic heterocycles. The second-order valence-electron chi connectivity index (χ2n) is 5.25. The molecule has 0 fully saturated rings. The zero-order valence-electron chi connectivity index (χ0n) is 11.3. The SMILES string of the molecule is Cc1ccc2cc3oc4c(F)cccc4c(=O)c3cc2c1. The zero-order valence-corrected chi connectivity index (χ0v) is 11.3. The van der Waals surface area contributed by atoms with Crippen LogP contribution in [0.3, 0.4) is 0 Å². The first-order valence-corrected chi connectivity index (χ1v) is 6.69. The lowest BCUT2D eigenvalue weighted by molar-refractivity contribution is 0.579. The third-order valence-corrected chi connectivity index (χ3v) is 3.76. The summed E-state index contributed by atoms with van der Waals surface area (Å²) in [5.74, 6) is -0.518. The number of hydrogen-bond donors (Lipinski definition) is 0. The minimum Gasteiger partial charge on any atom is -0.453 e. The van der Waals surface area contributed by atoms with Crippen LogP contribution in [0.15, 0.2) is 57.7 Å². The molecule has 1 heterocycles. The molecule has 0 amide bonds. The molecule has 0 spiro atoms. The summed E-state index contributed by atoms with van der Waals surface area (Å²) in [7, 11) is 0. The number of fused-ring (bicyclic) bond motifs is 3. The second-order valence-corrected chi connectivity index (χ2v) is 5.25. The highest BCUT2D eigenvalue weighted by Crippen LogP contribution is 2.25. The van der Waals surface area contributed by atoms with E-state index in [0.717, 1.165) is 16.3 Å². The minimum atomic E-state index is -0.518. The number of benzene rings is 3. The Morgan fingerprint density at radius 3 is 2.67 bits per heavy atom. The van der Waals surface area contributed by atoms with Crippen molar-refractivity contribution in [3.63, 3.8) is 0 Å². The van der Waals surface area contributed by atoms with Gasteiger partial charge in [-0.3, -0.25) is 4.79 Å². The first kappa shape index (κ1) is 12.1. The Kier molecular flexibility index (Phi) is 2.39. The van der Waals surface area contributed by atoms with Gasteiger partial charge in [-0.25, -0.2) is 4.39 Å². The van der Waals surface area contributed by atoms with E-state index in [-0.39, 0.29) is 16.4 Å². The Balaban J connectivity index is 2.26. The highest BCUT2D eigenvalue weighted by molar-refractivity contribution is 5.99. The van der Waals surface area contributed by atoms with Crippen molar-refractivity contribution in [2.24, 2.45) is 0 Å². The molecule has 0 radical (unpaired) electrons. The van der Waals surface area contributed by atoms with Crippen molar-refractivity contribution in [2.45, 2.75) is 6.92 Å². The monoisotopic (exact) mass is 278 g/mol. The molecule has 0 saturated carbocycles. The predicted octanol–water partition coefficient (Wildman–Crippen LogP) is 4.55. The Labute approximate surface area is 119 Å². The normalized spacial score (nSPS) is 11.5. The number of para-hydroxylation sites is 1. The summed E-state index contributed by atoms with van der Waals surface area (Å²) in [5, 5.41) is 2.69. The lowest BCUT2D eigenvalue weighted by Crippen LogP contribution is -2.02. The number of hydrogen-bond acceptors (Lipinski definition) is 2. The molecule has 0 bridgehead atoms. The molecule has 21 heavy (non-hydrogen) atoms. The predicted molar refractivity (Wildman–Crippen MR) is 82.2 cm³/mol. The van der Waals surface area contributed by atoms with E-state index in [4.69, 9.17) is 4.42 Å². The van der Waals surface area contributed by atoms with Crippen LogP contribution in [0.4, 0.5) is 4.39 Å². The Bertz CT molecular complexity index is 1080. The summed E-state index contributed by atoms with van der Waals surface area (Å²) < 4.78 is 19.4. The van der Waals surface area contributed by atoms with Gasteiger partial charge in [-0.05, 0) is 42.0 Å². The maximum absolute atomic E-state index is 13.8. The van der Waals surface area contributed by atoms with Crippen molar-refractivity contribution in [2.75, 3.05) is 0 Å². The molecule has 3 aromatic carbocycles. The van der Waals surface area contributed by atoms with Crippen LogP contribution in [0, 0.1) is 12.7 Å². The highest BCUT2D eigenvalue weighted by atomic mass is 19.1. The maximum Gasteiger partial charge on any atom is 0.200 e. The van der Waals surface area contributed by atoms with Crippen LogP contribution in [0.2, 0.25) is 0 Å². The molecule has 1 aromatic heterocycles. The topological polar surface area (TPSA) is 30.2 Å². The molecule has 2 nitrogen and oxygen atoms in total. The van der Waals surface area contributed by atoms with E-state index in [1.165, 1.54) is 12.1 Å². The summed E-state index contributed by atoms with van der Waals surface area (Å²) in [6, 6.07) is 14.0. The smallest absolute Gasteiger partial charge is 0.200 e. The van der Waals surface area contributed by atoms with Crippen molar-refractivity contribution < 1.29 is 8.81 Å². The summed E-state index contributed by atoms with van der Waals surface area (Å²) >= 11 is 0. The van der Waals surface area contributed by atoms with Crippen LogP contribution >= 0.6 is 0 Å².